The molecule has 174 valence electrons. The number of amides is 2. The van der Waals surface area contributed by atoms with Crippen LogP contribution >= 0.6 is 0 Å². The minimum atomic E-state index is -2.25. The van der Waals surface area contributed by atoms with Gasteiger partial charge in [0.1, 0.15) is 11.6 Å². The number of hydrogen-bond donors (Lipinski definition) is 0. The molecule has 2 fully saturated rings. The average molecular weight is 473 g/mol. The highest BCUT2D eigenvalue weighted by molar-refractivity contribution is 6.37. The van der Waals surface area contributed by atoms with Crippen LogP contribution in [0, 0.1) is 30.4 Å². The van der Waals surface area contributed by atoms with Gasteiger partial charge in [0.2, 0.25) is 29.0 Å². The van der Waals surface area contributed by atoms with Gasteiger partial charge in [0, 0.05) is 17.2 Å². The third-order valence-corrected chi connectivity index (χ3v) is 7.08. The Morgan fingerprint density at radius 2 is 1.46 bits per heavy atom. The summed E-state index contributed by atoms with van der Waals surface area (Å²) < 4.78 is 34.4. The van der Waals surface area contributed by atoms with Crippen molar-refractivity contribution in [3.8, 4) is 0 Å². The minimum Gasteiger partial charge on any atom is -0.349 e. The highest BCUT2D eigenvalue weighted by Gasteiger charge is 2.74. The van der Waals surface area contributed by atoms with Gasteiger partial charge in [-0.15, -0.1) is 0 Å². The normalized spacial score (nSPS) is 24.4. The zero-order valence-corrected chi connectivity index (χ0v) is 18.3. The smallest absolute Gasteiger partial charge is 0.241 e. The van der Waals surface area contributed by atoms with Crippen molar-refractivity contribution in [2.24, 2.45) is 11.8 Å². The van der Waals surface area contributed by atoms with E-state index in [1.54, 1.807) is 36.4 Å². The maximum atomic E-state index is 14.7. The summed E-state index contributed by atoms with van der Waals surface area (Å²) in [4.78, 5) is 55.3. The lowest BCUT2D eigenvalue weighted by molar-refractivity contribution is -0.127. The van der Waals surface area contributed by atoms with Crippen LogP contribution in [0.15, 0.2) is 66.7 Å². The molecule has 2 saturated heterocycles. The van der Waals surface area contributed by atoms with E-state index in [0.717, 1.165) is 17.7 Å². The predicted octanol–water partition coefficient (Wildman–Crippen LogP) is 3.97. The van der Waals surface area contributed by atoms with Gasteiger partial charge in [-0.1, -0.05) is 54.1 Å². The van der Waals surface area contributed by atoms with E-state index >= 15 is 0 Å². The molecular formula is C27H17F2NO5. The fourth-order valence-electron chi connectivity index (χ4n) is 5.47. The SMILES string of the molecule is Cc1ccc([C@H]2OC3(C(=O)c4ccccc4C3=O)[C@@H]3C(=O)N(c4ccc(F)cc4F)C(=O)[C@@H]23)cc1. The van der Waals surface area contributed by atoms with E-state index in [1.165, 1.54) is 12.1 Å². The summed E-state index contributed by atoms with van der Waals surface area (Å²) in [5, 5.41) is 0. The zero-order valence-electron chi connectivity index (χ0n) is 18.3. The topological polar surface area (TPSA) is 80.8 Å². The first-order chi connectivity index (χ1) is 16.8. The van der Waals surface area contributed by atoms with Gasteiger partial charge in [0.15, 0.2) is 0 Å². The molecule has 0 bridgehead atoms. The number of carbonyl (C=O) groups is 4. The molecule has 35 heavy (non-hydrogen) atoms. The Balaban J connectivity index is 1.55. The Labute approximate surface area is 198 Å². The van der Waals surface area contributed by atoms with Crippen molar-refractivity contribution in [3.05, 3.63) is 101 Å². The third kappa shape index (κ3) is 2.71. The summed E-state index contributed by atoms with van der Waals surface area (Å²) in [5.41, 5.74) is -1.05. The van der Waals surface area contributed by atoms with Crippen molar-refractivity contribution < 1.29 is 32.7 Å². The van der Waals surface area contributed by atoms with Crippen molar-refractivity contribution in [1.82, 2.24) is 0 Å². The van der Waals surface area contributed by atoms with Gasteiger partial charge in [-0.05, 0) is 24.6 Å². The molecule has 0 saturated carbocycles. The molecule has 0 radical (unpaired) electrons. The van der Waals surface area contributed by atoms with Crippen LogP contribution in [0.2, 0.25) is 0 Å². The maximum absolute atomic E-state index is 14.7. The van der Waals surface area contributed by atoms with Gasteiger partial charge in [-0.2, -0.15) is 0 Å². The monoisotopic (exact) mass is 473 g/mol. The molecule has 0 N–H and O–H groups in total. The molecule has 3 atom stereocenters. The first-order valence-corrected chi connectivity index (χ1v) is 11.0. The minimum absolute atomic E-state index is 0.104. The van der Waals surface area contributed by atoms with Crippen LogP contribution in [0.4, 0.5) is 14.5 Å². The standard InChI is InChI=1S/C27H17F2NO5/c1-13-6-8-14(9-7-13)22-20-21(26(34)30(25(20)33)19-11-10-15(28)12-18(19)29)27(35-22)23(31)16-4-2-3-5-17(16)24(27)32/h2-12,20-22H,1H3/t20-,21+,22-/m1/s1. The first kappa shape index (κ1) is 21.5. The lowest BCUT2D eigenvalue weighted by Gasteiger charge is -2.27. The number of carbonyl (C=O) groups excluding carboxylic acids is 4. The zero-order chi connectivity index (χ0) is 24.6. The van der Waals surface area contributed by atoms with Crippen LogP contribution in [0.1, 0.15) is 37.9 Å². The summed E-state index contributed by atoms with van der Waals surface area (Å²) in [6, 6.07) is 15.6. The van der Waals surface area contributed by atoms with E-state index in [2.05, 4.69) is 0 Å². The van der Waals surface area contributed by atoms with Crippen molar-refractivity contribution in [2.45, 2.75) is 18.6 Å². The predicted molar refractivity (Wildman–Crippen MR) is 119 cm³/mol. The number of rotatable bonds is 2. The number of fused-ring (bicyclic) bond motifs is 3. The van der Waals surface area contributed by atoms with E-state index < -0.39 is 64.2 Å². The maximum Gasteiger partial charge on any atom is 0.241 e. The van der Waals surface area contributed by atoms with Gasteiger partial charge in [-0.3, -0.25) is 19.2 Å². The molecule has 3 aromatic rings. The van der Waals surface area contributed by atoms with Crippen molar-refractivity contribution in [3.63, 3.8) is 0 Å². The van der Waals surface area contributed by atoms with E-state index in [-0.39, 0.29) is 11.1 Å². The number of imide groups is 1. The van der Waals surface area contributed by atoms with E-state index in [4.69, 9.17) is 4.74 Å². The Hall–Kier alpha value is -4.04. The molecule has 6 nitrogen and oxygen atoms in total. The van der Waals surface area contributed by atoms with Gasteiger partial charge >= 0.3 is 0 Å². The van der Waals surface area contributed by atoms with Crippen LogP contribution in [0.5, 0.6) is 0 Å². The number of ether oxygens (including phenoxy) is 1. The second-order valence-corrected chi connectivity index (χ2v) is 9.00. The highest BCUT2D eigenvalue weighted by atomic mass is 19.1. The molecule has 1 spiro atoms. The molecule has 0 aromatic heterocycles. The summed E-state index contributed by atoms with van der Waals surface area (Å²) in [6.45, 7) is 1.87. The second-order valence-electron chi connectivity index (χ2n) is 9.00. The number of hydrogen-bond acceptors (Lipinski definition) is 5. The quantitative estimate of drug-likeness (QED) is 0.416. The summed E-state index contributed by atoms with van der Waals surface area (Å²) in [7, 11) is 0. The molecule has 8 heteroatoms. The Morgan fingerprint density at radius 1 is 0.829 bits per heavy atom. The fourth-order valence-corrected chi connectivity index (χ4v) is 5.47. The Kier molecular flexibility index (Phi) is 4.44. The van der Waals surface area contributed by atoms with Crippen molar-refractivity contribution in [2.75, 3.05) is 4.90 Å². The van der Waals surface area contributed by atoms with Crippen molar-refractivity contribution >= 4 is 29.1 Å². The average Bonchev–Trinajstić information content (AvgIpc) is 3.40. The number of ketones is 2. The first-order valence-electron chi connectivity index (χ1n) is 11.0. The lowest BCUT2D eigenvalue weighted by atomic mass is 9.77. The number of halogens is 2. The van der Waals surface area contributed by atoms with E-state index in [1.807, 2.05) is 6.92 Å². The number of Topliss-reactive ketones (excluding diaryl/α,β-unsaturated/α-hetero) is 2. The number of benzene rings is 3. The van der Waals surface area contributed by atoms with Gasteiger partial charge in [-0.25, -0.2) is 13.7 Å². The number of nitrogens with zero attached hydrogens (tertiary/aromatic N) is 1. The molecule has 3 aromatic carbocycles. The number of aryl methyl sites for hydroxylation is 1. The number of anilines is 1. The van der Waals surface area contributed by atoms with Crippen molar-refractivity contribution in [1.29, 1.82) is 0 Å². The Bertz CT molecular complexity index is 1430. The van der Waals surface area contributed by atoms with Crippen LogP contribution in [0.3, 0.4) is 0 Å². The lowest BCUT2D eigenvalue weighted by Crippen LogP contribution is -2.51. The van der Waals surface area contributed by atoms with Gasteiger partial charge in [0.05, 0.1) is 23.6 Å². The largest absolute Gasteiger partial charge is 0.349 e. The van der Waals surface area contributed by atoms with Gasteiger partial charge < -0.3 is 4.74 Å². The fraction of sp³-hybridized carbons (Fsp3) is 0.185. The Morgan fingerprint density at radius 3 is 2.06 bits per heavy atom. The van der Waals surface area contributed by atoms with Crippen LogP contribution < -0.4 is 4.90 Å². The van der Waals surface area contributed by atoms with E-state index in [0.29, 0.717) is 16.5 Å². The molecular weight excluding hydrogens is 456 g/mol. The molecule has 6 rings (SSSR count). The van der Waals surface area contributed by atoms with Crippen LogP contribution in [-0.2, 0) is 14.3 Å². The molecule has 0 unspecified atom stereocenters. The molecule has 2 amide bonds. The van der Waals surface area contributed by atoms with Crippen LogP contribution in [0.25, 0.3) is 0 Å². The summed E-state index contributed by atoms with van der Waals surface area (Å²) in [5.74, 6) is -7.90. The van der Waals surface area contributed by atoms with Gasteiger partial charge in [0.25, 0.3) is 0 Å². The molecule has 2 heterocycles. The molecule has 3 aliphatic rings. The molecule has 1 aliphatic carbocycles. The third-order valence-electron chi connectivity index (χ3n) is 7.08. The van der Waals surface area contributed by atoms with Crippen LogP contribution in [-0.4, -0.2) is 29.0 Å². The second kappa shape index (κ2) is 7.23. The molecule has 2 aliphatic heterocycles. The summed E-state index contributed by atoms with van der Waals surface area (Å²) in [6.07, 6.45) is -1.10. The highest BCUT2D eigenvalue weighted by Crippen LogP contribution is 2.57. The summed E-state index contributed by atoms with van der Waals surface area (Å²) >= 11 is 0. The van der Waals surface area contributed by atoms with E-state index in [9.17, 15) is 28.0 Å².